The number of anilines is 1. The van der Waals surface area contributed by atoms with E-state index in [9.17, 15) is 18.0 Å². The van der Waals surface area contributed by atoms with E-state index in [2.05, 4.69) is 10.1 Å². The molecule has 0 atom stereocenters. The monoisotopic (exact) mass is 322 g/mol. The maximum Gasteiger partial charge on any atom is 0.418 e. The molecule has 0 bridgehead atoms. The molecule has 2 aromatic heterocycles. The van der Waals surface area contributed by atoms with Gasteiger partial charge in [0.05, 0.1) is 23.0 Å². The molecule has 0 aliphatic rings. The number of pyridine rings is 1. The van der Waals surface area contributed by atoms with Gasteiger partial charge in [-0.1, -0.05) is 12.1 Å². The molecular formula is C14H9F3N4O2. The van der Waals surface area contributed by atoms with E-state index in [4.69, 9.17) is 10.8 Å². The maximum atomic E-state index is 13.1. The SMILES string of the molecule is Nc1c(C(=O)O)cnn1-c1ccnc2c(C(F)(F)F)cccc12. The van der Waals surface area contributed by atoms with E-state index in [1.807, 2.05) is 0 Å². The van der Waals surface area contributed by atoms with Crippen LogP contribution in [0.15, 0.2) is 36.7 Å². The van der Waals surface area contributed by atoms with Crippen LogP contribution in [-0.2, 0) is 6.18 Å². The highest BCUT2D eigenvalue weighted by Crippen LogP contribution is 2.35. The molecule has 0 spiro atoms. The first-order chi connectivity index (χ1) is 10.8. The van der Waals surface area contributed by atoms with Crippen LogP contribution in [0.1, 0.15) is 15.9 Å². The number of aromatic carboxylic acids is 1. The van der Waals surface area contributed by atoms with E-state index < -0.39 is 17.7 Å². The lowest BCUT2D eigenvalue weighted by atomic mass is 10.1. The van der Waals surface area contributed by atoms with Crippen molar-refractivity contribution in [3.63, 3.8) is 0 Å². The number of fused-ring (bicyclic) bond motifs is 1. The first-order valence-electron chi connectivity index (χ1n) is 6.33. The molecule has 9 heteroatoms. The summed E-state index contributed by atoms with van der Waals surface area (Å²) in [6.07, 6.45) is -2.33. The molecule has 3 aromatic rings. The van der Waals surface area contributed by atoms with Gasteiger partial charge in [-0.25, -0.2) is 9.48 Å². The fourth-order valence-corrected chi connectivity index (χ4v) is 2.29. The van der Waals surface area contributed by atoms with Gasteiger partial charge in [-0.05, 0) is 12.1 Å². The second kappa shape index (κ2) is 4.97. The number of carbonyl (C=O) groups is 1. The standard InChI is InChI=1S/C14H9F3N4O2/c15-14(16,17)9-3-1-2-7-10(4-5-19-11(7)9)21-12(18)8(6-20-21)13(22)23/h1-6H,18H2,(H,22,23). The molecule has 23 heavy (non-hydrogen) atoms. The Morgan fingerprint density at radius 2 is 2.00 bits per heavy atom. The number of aromatic nitrogens is 3. The van der Waals surface area contributed by atoms with Gasteiger partial charge >= 0.3 is 12.1 Å². The number of nitrogen functional groups attached to an aromatic ring is 1. The lowest BCUT2D eigenvalue weighted by Crippen LogP contribution is -2.09. The van der Waals surface area contributed by atoms with E-state index in [-0.39, 0.29) is 28.0 Å². The minimum Gasteiger partial charge on any atom is -0.477 e. The van der Waals surface area contributed by atoms with Crippen LogP contribution in [0.5, 0.6) is 0 Å². The molecule has 6 nitrogen and oxygen atoms in total. The number of carboxylic acids is 1. The number of hydrogen-bond donors (Lipinski definition) is 2. The van der Waals surface area contributed by atoms with Crippen LogP contribution in [0, 0.1) is 0 Å². The summed E-state index contributed by atoms with van der Waals surface area (Å²) in [4.78, 5) is 14.8. The summed E-state index contributed by atoms with van der Waals surface area (Å²) in [5.41, 5.74) is 4.56. The fraction of sp³-hybridized carbons (Fsp3) is 0.0714. The Hall–Kier alpha value is -3.10. The van der Waals surface area contributed by atoms with Crippen LogP contribution in [0.25, 0.3) is 16.6 Å². The average Bonchev–Trinajstić information content (AvgIpc) is 2.86. The van der Waals surface area contributed by atoms with Gasteiger partial charge in [0.15, 0.2) is 0 Å². The quantitative estimate of drug-likeness (QED) is 0.756. The average molecular weight is 322 g/mol. The number of para-hydroxylation sites is 1. The lowest BCUT2D eigenvalue weighted by Gasteiger charge is -2.12. The molecule has 1 aromatic carbocycles. The van der Waals surface area contributed by atoms with Crippen molar-refractivity contribution in [2.45, 2.75) is 6.18 Å². The van der Waals surface area contributed by atoms with E-state index in [0.29, 0.717) is 0 Å². The Balaban J connectivity index is 2.30. The summed E-state index contributed by atoms with van der Waals surface area (Å²) >= 11 is 0. The summed E-state index contributed by atoms with van der Waals surface area (Å²) in [6, 6.07) is 5.02. The second-order valence-corrected chi connectivity index (χ2v) is 4.69. The van der Waals surface area contributed by atoms with Gasteiger partial charge < -0.3 is 10.8 Å². The second-order valence-electron chi connectivity index (χ2n) is 4.69. The Morgan fingerprint density at radius 3 is 2.61 bits per heavy atom. The van der Waals surface area contributed by atoms with Crippen LogP contribution in [0.4, 0.5) is 19.0 Å². The minimum atomic E-state index is -4.56. The predicted octanol–water partition coefficient (Wildman–Crippen LogP) is 2.72. The summed E-state index contributed by atoms with van der Waals surface area (Å²) in [5, 5.41) is 13.0. The zero-order valence-electron chi connectivity index (χ0n) is 11.4. The van der Waals surface area contributed by atoms with E-state index in [1.165, 1.54) is 24.4 Å². The molecule has 2 heterocycles. The highest BCUT2D eigenvalue weighted by atomic mass is 19.4. The van der Waals surface area contributed by atoms with E-state index in [1.54, 1.807) is 0 Å². The summed E-state index contributed by atoms with van der Waals surface area (Å²) in [6.45, 7) is 0. The highest BCUT2D eigenvalue weighted by molar-refractivity contribution is 5.94. The Kier molecular flexibility index (Phi) is 3.20. The van der Waals surface area contributed by atoms with Crippen LogP contribution < -0.4 is 5.73 Å². The first kappa shape index (κ1) is 14.8. The van der Waals surface area contributed by atoms with Crippen LogP contribution in [-0.4, -0.2) is 25.8 Å². The molecule has 0 saturated heterocycles. The smallest absolute Gasteiger partial charge is 0.418 e. The number of nitrogens with zero attached hydrogens (tertiary/aromatic N) is 3. The van der Waals surface area contributed by atoms with Crippen molar-refractivity contribution in [2.24, 2.45) is 0 Å². The number of hydrogen-bond acceptors (Lipinski definition) is 4. The predicted molar refractivity (Wildman–Crippen MR) is 75.2 cm³/mol. The third kappa shape index (κ3) is 2.35. The Labute approximate surface area is 127 Å². The maximum absolute atomic E-state index is 13.1. The molecule has 0 radical (unpaired) electrons. The van der Waals surface area contributed by atoms with Gasteiger partial charge in [0.25, 0.3) is 0 Å². The molecule has 0 aliphatic carbocycles. The molecule has 0 saturated carbocycles. The Morgan fingerprint density at radius 1 is 1.26 bits per heavy atom. The molecule has 3 N–H and O–H groups in total. The lowest BCUT2D eigenvalue weighted by molar-refractivity contribution is -0.136. The van der Waals surface area contributed by atoms with Crippen molar-refractivity contribution in [3.05, 3.63) is 47.8 Å². The highest BCUT2D eigenvalue weighted by Gasteiger charge is 2.33. The van der Waals surface area contributed by atoms with Gasteiger partial charge in [0.1, 0.15) is 11.4 Å². The zero-order chi connectivity index (χ0) is 16.8. The fourth-order valence-electron chi connectivity index (χ4n) is 2.29. The number of benzene rings is 1. The number of alkyl halides is 3. The van der Waals surface area contributed by atoms with Crippen molar-refractivity contribution in [1.29, 1.82) is 0 Å². The molecule has 0 fully saturated rings. The van der Waals surface area contributed by atoms with Crippen LogP contribution in [0.3, 0.4) is 0 Å². The topological polar surface area (TPSA) is 94.0 Å². The van der Waals surface area contributed by atoms with Crippen LogP contribution >= 0.6 is 0 Å². The first-order valence-corrected chi connectivity index (χ1v) is 6.33. The Bertz CT molecular complexity index is 918. The molecule has 0 unspecified atom stereocenters. The van der Waals surface area contributed by atoms with Crippen molar-refractivity contribution in [2.75, 3.05) is 5.73 Å². The number of halogens is 3. The van der Waals surface area contributed by atoms with Gasteiger partial charge in [0.2, 0.25) is 0 Å². The normalized spacial score (nSPS) is 11.8. The summed E-state index contributed by atoms with van der Waals surface area (Å²) < 4.78 is 40.3. The van der Waals surface area contributed by atoms with Crippen LogP contribution in [0.2, 0.25) is 0 Å². The zero-order valence-corrected chi connectivity index (χ0v) is 11.4. The van der Waals surface area contributed by atoms with Crippen molar-refractivity contribution >= 4 is 22.7 Å². The largest absolute Gasteiger partial charge is 0.477 e. The van der Waals surface area contributed by atoms with Gasteiger partial charge in [-0.3, -0.25) is 4.98 Å². The van der Waals surface area contributed by atoms with Gasteiger partial charge in [-0.2, -0.15) is 18.3 Å². The molecule has 0 aliphatic heterocycles. The minimum absolute atomic E-state index is 0.161. The van der Waals surface area contributed by atoms with Gasteiger partial charge in [0, 0.05) is 11.6 Å². The van der Waals surface area contributed by atoms with Crippen molar-refractivity contribution < 1.29 is 23.1 Å². The molecule has 0 amide bonds. The third-order valence-corrected chi connectivity index (χ3v) is 3.32. The molecular weight excluding hydrogens is 313 g/mol. The van der Waals surface area contributed by atoms with E-state index in [0.717, 1.165) is 16.9 Å². The summed E-state index contributed by atoms with van der Waals surface area (Å²) in [7, 11) is 0. The number of nitrogens with two attached hydrogens (primary N) is 1. The van der Waals surface area contributed by atoms with Gasteiger partial charge in [-0.15, -0.1) is 0 Å². The van der Waals surface area contributed by atoms with Crippen molar-refractivity contribution in [3.8, 4) is 5.69 Å². The number of carboxylic acid groups (broad SMARTS) is 1. The van der Waals surface area contributed by atoms with E-state index >= 15 is 0 Å². The molecule has 118 valence electrons. The molecule has 3 rings (SSSR count). The third-order valence-electron chi connectivity index (χ3n) is 3.32. The summed E-state index contributed by atoms with van der Waals surface area (Å²) in [5.74, 6) is -1.45. The van der Waals surface area contributed by atoms with Crippen molar-refractivity contribution in [1.82, 2.24) is 14.8 Å². The number of rotatable bonds is 2.